The third kappa shape index (κ3) is 4.89. The van der Waals surface area contributed by atoms with Crippen molar-refractivity contribution in [2.75, 3.05) is 18.0 Å². The molecule has 2 heterocycles. The van der Waals surface area contributed by atoms with Crippen LogP contribution in [0.25, 0.3) is 22.0 Å². The Labute approximate surface area is 210 Å². The van der Waals surface area contributed by atoms with E-state index in [0.717, 1.165) is 18.5 Å². The first-order valence-electron chi connectivity index (χ1n) is 11.0. The molecule has 176 valence electrons. The summed E-state index contributed by atoms with van der Waals surface area (Å²) in [4.78, 5) is 19.3. The Bertz CT molecular complexity index is 1440. The monoisotopic (exact) mass is 509 g/mol. The average Bonchev–Trinajstić information content (AvgIpc) is 2.87. The molecule has 35 heavy (non-hydrogen) atoms. The van der Waals surface area contributed by atoms with E-state index in [1.165, 1.54) is 18.5 Å². The molecule has 1 fully saturated rings. The van der Waals surface area contributed by atoms with Crippen molar-refractivity contribution >= 4 is 51.6 Å². The summed E-state index contributed by atoms with van der Waals surface area (Å²) in [6.07, 6.45) is 2.85. The van der Waals surface area contributed by atoms with E-state index in [1.54, 1.807) is 42.5 Å². The molecule has 5 nitrogen and oxygen atoms in total. The van der Waals surface area contributed by atoms with Crippen LogP contribution >= 0.6 is 23.2 Å². The minimum atomic E-state index is -0.667. The summed E-state index contributed by atoms with van der Waals surface area (Å²) in [5, 5.41) is 1.24. The summed E-state index contributed by atoms with van der Waals surface area (Å²) in [6.45, 7) is 1.33. The molecule has 1 aliphatic heterocycles. The molecule has 9 heteroatoms. The summed E-state index contributed by atoms with van der Waals surface area (Å²) < 4.78 is 29.9. The van der Waals surface area contributed by atoms with Crippen LogP contribution in [0.5, 0.6) is 0 Å². The number of hydrogen-bond acceptors (Lipinski definition) is 5. The van der Waals surface area contributed by atoms with E-state index in [4.69, 9.17) is 23.2 Å². The van der Waals surface area contributed by atoms with Gasteiger partial charge >= 0.3 is 0 Å². The average molecular weight is 510 g/mol. The van der Waals surface area contributed by atoms with Crippen LogP contribution in [0, 0.1) is 11.6 Å². The maximum absolute atomic E-state index is 15.5. The normalized spacial score (nSPS) is 14.1. The second kappa shape index (κ2) is 10.1. The van der Waals surface area contributed by atoms with Crippen LogP contribution in [0.1, 0.15) is 12.8 Å². The van der Waals surface area contributed by atoms with Crippen molar-refractivity contribution in [1.29, 1.82) is 0 Å². The molecule has 0 atom stereocenters. The fourth-order valence-electron chi connectivity index (χ4n) is 4.17. The quantitative estimate of drug-likeness (QED) is 0.270. The Kier molecular flexibility index (Phi) is 6.73. The highest BCUT2D eigenvalue weighted by Crippen LogP contribution is 2.38. The van der Waals surface area contributed by atoms with Gasteiger partial charge in [-0.1, -0.05) is 41.4 Å². The van der Waals surface area contributed by atoms with E-state index in [0.29, 0.717) is 29.3 Å². The molecular formula is C26H19Cl2F2N5. The van der Waals surface area contributed by atoms with Gasteiger partial charge in [0.15, 0.2) is 5.82 Å². The van der Waals surface area contributed by atoms with Gasteiger partial charge in [-0.15, -0.1) is 0 Å². The van der Waals surface area contributed by atoms with Crippen LogP contribution in [0.3, 0.4) is 0 Å². The molecule has 0 unspecified atom stereocenters. The molecule has 4 aromatic rings. The molecule has 0 amide bonds. The van der Waals surface area contributed by atoms with Gasteiger partial charge in [0.05, 0.1) is 22.8 Å². The fourth-order valence-corrected chi connectivity index (χ4v) is 4.59. The van der Waals surface area contributed by atoms with Gasteiger partial charge in [-0.05, 0) is 49.2 Å². The highest BCUT2D eigenvalue weighted by molar-refractivity contribution is 6.34. The van der Waals surface area contributed by atoms with Crippen molar-refractivity contribution in [1.82, 2.24) is 9.97 Å². The number of anilines is 1. The molecule has 1 aromatic heterocycles. The van der Waals surface area contributed by atoms with Crippen LogP contribution in [-0.4, -0.2) is 35.1 Å². The summed E-state index contributed by atoms with van der Waals surface area (Å²) >= 11 is 12.3. The fraction of sp³-hybridized carbons (Fsp3) is 0.192. The summed E-state index contributed by atoms with van der Waals surface area (Å²) in [5.74, 6) is -0.628. The van der Waals surface area contributed by atoms with Crippen LogP contribution in [0.4, 0.5) is 20.3 Å². The van der Waals surface area contributed by atoms with E-state index in [9.17, 15) is 4.39 Å². The Hall–Kier alpha value is -3.38. The van der Waals surface area contributed by atoms with Gasteiger partial charge in [-0.3, -0.25) is 0 Å². The zero-order chi connectivity index (χ0) is 24.4. The van der Waals surface area contributed by atoms with Gasteiger partial charge in [-0.25, -0.2) is 23.7 Å². The van der Waals surface area contributed by atoms with Gasteiger partial charge in [0, 0.05) is 34.6 Å². The third-order valence-electron chi connectivity index (χ3n) is 5.95. The summed E-state index contributed by atoms with van der Waals surface area (Å²) in [6, 6.07) is 17.5. The van der Waals surface area contributed by atoms with Crippen molar-refractivity contribution in [2.24, 2.45) is 9.98 Å². The number of aliphatic imine (C=N–C) groups is 2. The standard InChI is InChI=1S/C26H19Cl2F2N5/c27-16-5-7-17(8-6-16)31-14-32-18-9-11-35(12-10-18)26-20-13-21(28)23(19-3-1-2-4-22(19)29)24(30)25(20)33-15-34-26/h1-8,13,15,18H,9-12H2. The number of halogens is 4. The first kappa shape index (κ1) is 23.4. The number of piperidine rings is 1. The zero-order valence-corrected chi connectivity index (χ0v) is 19.9. The number of rotatable bonds is 4. The second-order valence-electron chi connectivity index (χ2n) is 8.16. The number of benzene rings is 3. The number of aromatic nitrogens is 2. The van der Waals surface area contributed by atoms with Crippen LogP contribution < -0.4 is 4.90 Å². The summed E-state index contributed by atoms with van der Waals surface area (Å²) in [5.41, 5.74) is 0.926. The third-order valence-corrected chi connectivity index (χ3v) is 6.50. The first-order valence-corrected chi connectivity index (χ1v) is 11.8. The molecule has 0 spiro atoms. The van der Waals surface area contributed by atoms with Crippen molar-refractivity contribution < 1.29 is 8.78 Å². The van der Waals surface area contributed by atoms with E-state index in [1.807, 2.05) is 0 Å². The molecule has 3 aromatic carbocycles. The van der Waals surface area contributed by atoms with Gasteiger partial charge in [-0.2, -0.15) is 4.99 Å². The Morgan fingerprint density at radius 1 is 0.971 bits per heavy atom. The Balaban J connectivity index is 1.38. The predicted octanol–water partition coefficient (Wildman–Crippen LogP) is 7.36. The molecule has 0 bridgehead atoms. The number of hydrogen-bond donors (Lipinski definition) is 0. The second-order valence-corrected chi connectivity index (χ2v) is 9.00. The van der Waals surface area contributed by atoms with Crippen molar-refractivity contribution in [3.05, 3.63) is 82.6 Å². The van der Waals surface area contributed by atoms with E-state index in [-0.39, 0.29) is 27.7 Å². The van der Waals surface area contributed by atoms with Crippen LogP contribution in [0.2, 0.25) is 10.0 Å². The van der Waals surface area contributed by atoms with Crippen molar-refractivity contribution in [3.8, 4) is 11.1 Å². The molecule has 0 N–H and O–H groups in total. The lowest BCUT2D eigenvalue weighted by Crippen LogP contribution is -2.36. The van der Waals surface area contributed by atoms with E-state index >= 15 is 4.39 Å². The molecule has 1 aliphatic rings. The zero-order valence-electron chi connectivity index (χ0n) is 18.4. The topological polar surface area (TPSA) is 53.7 Å². The lowest BCUT2D eigenvalue weighted by atomic mass is 10.0. The minimum Gasteiger partial charge on any atom is -0.356 e. The Morgan fingerprint density at radius 2 is 1.71 bits per heavy atom. The lowest BCUT2D eigenvalue weighted by molar-refractivity contribution is 0.503. The first-order chi connectivity index (χ1) is 17.0. The number of fused-ring (bicyclic) bond motifs is 1. The van der Waals surface area contributed by atoms with E-state index in [2.05, 4.69) is 30.9 Å². The highest BCUT2D eigenvalue weighted by atomic mass is 35.5. The minimum absolute atomic E-state index is 0.00469. The van der Waals surface area contributed by atoms with Gasteiger partial charge in [0.25, 0.3) is 0 Å². The predicted molar refractivity (Wildman–Crippen MR) is 136 cm³/mol. The van der Waals surface area contributed by atoms with Crippen molar-refractivity contribution in [2.45, 2.75) is 18.9 Å². The largest absolute Gasteiger partial charge is 0.356 e. The molecule has 0 radical (unpaired) electrons. The number of nitrogens with zero attached hydrogens (tertiary/aromatic N) is 5. The highest BCUT2D eigenvalue weighted by Gasteiger charge is 2.24. The SMILES string of the molecule is Fc1ccccc1-c1c(Cl)cc2c(N3CCC(N=C=Nc4ccc(Cl)cc4)CC3)ncnc2c1F. The molecule has 1 saturated heterocycles. The molecule has 0 saturated carbocycles. The lowest BCUT2D eigenvalue weighted by Gasteiger charge is -2.31. The van der Waals surface area contributed by atoms with Crippen molar-refractivity contribution in [3.63, 3.8) is 0 Å². The van der Waals surface area contributed by atoms with Crippen LogP contribution in [0.15, 0.2) is 70.9 Å². The maximum atomic E-state index is 15.5. The van der Waals surface area contributed by atoms with Gasteiger partial charge in [0.2, 0.25) is 0 Å². The Morgan fingerprint density at radius 3 is 2.46 bits per heavy atom. The maximum Gasteiger partial charge on any atom is 0.159 e. The van der Waals surface area contributed by atoms with Gasteiger partial charge < -0.3 is 4.90 Å². The molecule has 5 rings (SSSR count). The molecule has 0 aliphatic carbocycles. The van der Waals surface area contributed by atoms with Crippen LogP contribution in [-0.2, 0) is 0 Å². The summed E-state index contributed by atoms with van der Waals surface area (Å²) in [7, 11) is 0. The van der Waals surface area contributed by atoms with Gasteiger partial charge in [0.1, 0.15) is 23.5 Å². The smallest absolute Gasteiger partial charge is 0.159 e. The molecular weight excluding hydrogens is 491 g/mol. The van der Waals surface area contributed by atoms with E-state index < -0.39 is 11.6 Å².